The van der Waals surface area contributed by atoms with Gasteiger partial charge in [0, 0.05) is 32.6 Å². The Labute approximate surface area is 137 Å². The predicted octanol–water partition coefficient (Wildman–Crippen LogP) is 0.832. The number of aryl methyl sites for hydroxylation is 2. The minimum Gasteiger partial charge on any atom is -0.390 e. The Morgan fingerprint density at radius 2 is 1.91 bits per heavy atom. The summed E-state index contributed by atoms with van der Waals surface area (Å²) < 4.78 is 5.36. The lowest BCUT2D eigenvalue weighted by Gasteiger charge is -2.33. The topological polar surface area (TPSA) is 53.0 Å². The number of nitrogens with zero attached hydrogens (tertiary/aromatic N) is 2. The van der Waals surface area contributed by atoms with Gasteiger partial charge < -0.3 is 14.7 Å². The summed E-state index contributed by atoms with van der Waals surface area (Å²) in [4.78, 5) is 16.5. The van der Waals surface area contributed by atoms with Crippen molar-refractivity contribution in [3.05, 3.63) is 35.4 Å². The van der Waals surface area contributed by atoms with Gasteiger partial charge in [0.25, 0.3) is 0 Å². The molecular weight excluding hydrogens is 292 g/mol. The number of amides is 1. The van der Waals surface area contributed by atoms with E-state index in [-0.39, 0.29) is 11.9 Å². The number of β-amino-alcohol motifs (C(OH)–C–C–N with tert-alkyl or cyclic N) is 1. The van der Waals surface area contributed by atoms with Crippen LogP contribution in [0.1, 0.15) is 17.5 Å². The smallest absolute Gasteiger partial charge is 0.223 e. The normalized spacial score (nSPS) is 25.7. The Morgan fingerprint density at radius 1 is 1.22 bits per heavy atom. The molecular formula is C18H26N2O3. The second-order valence-corrected chi connectivity index (χ2v) is 6.57. The molecule has 1 aromatic rings. The molecule has 0 aromatic heterocycles. The van der Waals surface area contributed by atoms with Crippen molar-refractivity contribution in [3.8, 4) is 0 Å². The van der Waals surface area contributed by atoms with Crippen LogP contribution in [0.5, 0.6) is 0 Å². The van der Waals surface area contributed by atoms with Crippen molar-refractivity contribution in [2.75, 3.05) is 39.4 Å². The van der Waals surface area contributed by atoms with E-state index >= 15 is 0 Å². The molecule has 2 fully saturated rings. The van der Waals surface area contributed by atoms with E-state index in [1.165, 1.54) is 11.1 Å². The van der Waals surface area contributed by atoms with E-state index in [0.29, 0.717) is 32.7 Å². The first-order valence-electron chi connectivity index (χ1n) is 8.46. The first kappa shape index (κ1) is 16.4. The molecule has 2 aliphatic heterocycles. The van der Waals surface area contributed by atoms with Gasteiger partial charge in [-0.15, -0.1) is 0 Å². The van der Waals surface area contributed by atoms with E-state index in [1.54, 1.807) is 0 Å². The van der Waals surface area contributed by atoms with Crippen molar-refractivity contribution < 1.29 is 14.6 Å². The third-order valence-corrected chi connectivity index (χ3v) is 4.87. The SMILES string of the molecule is Cc1ccc(CCC(=O)N2C[C@H](O)[C@@H](N3CCOCC3)C2)cc1. The summed E-state index contributed by atoms with van der Waals surface area (Å²) in [5, 5.41) is 10.3. The fourth-order valence-electron chi connectivity index (χ4n) is 3.41. The summed E-state index contributed by atoms with van der Waals surface area (Å²) in [6.07, 6.45) is 0.816. The Hall–Kier alpha value is -1.43. The maximum absolute atomic E-state index is 12.4. The van der Waals surface area contributed by atoms with Crippen molar-refractivity contribution in [3.63, 3.8) is 0 Å². The van der Waals surface area contributed by atoms with Crippen molar-refractivity contribution in [1.29, 1.82) is 0 Å². The van der Waals surface area contributed by atoms with Gasteiger partial charge in [-0.25, -0.2) is 0 Å². The third-order valence-electron chi connectivity index (χ3n) is 4.87. The number of hydrogen-bond acceptors (Lipinski definition) is 4. The molecule has 5 nitrogen and oxygen atoms in total. The number of likely N-dealkylation sites (tertiary alicyclic amines) is 1. The molecule has 23 heavy (non-hydrogen) atoms. The highest BCUT2D eigenvalue weighted by Gasteiger charge is 2.37. The van der Waals surface area contributed by atoms with Gasteiger partial charge in [-0.05, 0) is 18.9 Å². The molecule has 2 heterocycles. The molecule has 2 aliphatic rings. The van der Waals surface area contributed by atoms with Crippen LogP contribution in [-0.4, -0.2) is 72.4 Å². The standard InChI is InChI=1S/C18H26N2O3/c1-14-2-4-15(5-3-14)6-7-18(22)20-12-16(17(21)13-20)19-8-10-23-11-9-19/h2-5,16-17,21H,6-13H2,1H3/t16-,17-/m0/s1. The maximum atomic E-state index is 12.4. The Kier molecular flexibility index (Phi) is 5.30. The van der Waals surface area contributed by atoms with Gasteiger partial charge in [0.15, 0.2) is 0 Å². The van der Waals surface area contributed by atoms with E-state index < -0.39 is 6.10 Å². The van der Waals surface area contributed by atoms with Crippen LogP contribution in [0, 0.1) is 6.92 Å². The first-order chi connectivity index (χ1) is 11.1. The van der Waals surface area contributed by atoms with Crippen molar-refractivity contribution in [2.24, 2.45) is 0 Å². The molecule has 0 saturated carbocycles. The number of hydrogen-bond donors (Lipinski definition) is 1. The number of benzene rings is 1. The fraction of sp³-hybridized carbons (Fsp3) is 0.611. The van der Waals surface area contributed by atoms with Crippen LogP contribution < -0.4 is 0 Å². The molecule has 0 radical (unpaired) electrons. The van der Waals surface area contributed by atoms with Crippen molar-refractivity contribution >= 4 is 5.91 Å². The van der Waals surface area contributed by atoms with Gasteiger partial charge in [0.1, 0.15) is 0 Å². The van der Waals surface area contributed by atoms with E-state index in [0.717, 1.165) is 19.5 Å². The monoisotopic (exact) mass is 318 g/mol. The lowest BCUT2D eigenvalue weighted by molar-refractivity contribution is -0.130. The molecule has 5 heteroatoms. The zero-order valence-electron chi connectivity index (χ0n) is 13.8. The summed E-state index contributed by atoms with van der Waals surface area (Å²) in [6.45, 7) is 6.25. The molecule has 0 aliphatic carbocycles. The molecule has 2 atom stereocenters. The van der Waals surface area contributed by atoms with Gasteiger partial charge in [-0.1, -0.05) is 29.8 Å². The van der Waals surface area contributed by atoms with Crippen LogP contribution in [0.15, 0.2) is 24.3 Å². The van der Waals surface area contributed by atoms with Crippen LogP contribution in [0.4, 0.5) is 0 Å². The maximum Gasteiger partial charge on any atom is 0.223 e. The van der Waals surface area contributed by atoms with Crippen molar-refractivity contribution in [2.45, 2.75) is 31.9 Å². The molecule has 1 N–H and O–H groups in total. The average Bonchev–Trinajstić information content (AvgIpc) is 2.97. The number of aliphatic hydroxyl groups excluding tert-OH is 1. The van der Waals surface area contributed by atoms with Gasteiger partial charge >= 0.3 is 0 Å². The van der Waals surface area contributed by atoms with Crippen LogP contribution in [0.25, 0.3) is 0 Å². The largest absolute Gasteiger partial charge is 0.390 e. The van der Waals surface area contributed by atoms with Crippen LogP contribution in [-0.2, 0) is 16.0 Å². The average molecular weight is 318 g/mol. The summed E-state index contributed by atoms with van der Waals surface area (Å²) in [5.74, 6) is 0.139. The zero-order valence-corrected chi connectivity index (χ0v) is 13.8. The van der Waals surface area contributed by atoms with Crippen LogP contribution >= 0.6 is 0 Å². The summed E-state index contributed by atoms with van der Waals surface area (Å²) >= 11 is 0. The van der Waals surface area contributed by atoms with Crippen LogP contribution in [0.2, 0.25) is 0 Å². The van der Waals surface area contributed by atoms with E-state index in [4.69, 9.17) is 4.74 Å². The highest BCUT2D eigenvalue weighted by Crippen LogP contribution is 2.19. The Bertz CT molecular complexity index is 526. The number of ether oxygens (including phenoxy) is 1. The molecule has 1 amide bonds. The molecule has 0 unspecified atom stereocenters. The zero-order chi connectivity index (χ0) is 16.2. The third kappa shape index (κ3) is 4.10. The molecule has 126 valence electrons. The quantitative estimate of drug-likeness (QED) is 0.893. The van der Waals surface area contributed by atoms with Gasteiger partial charge in [0.2, 0.25) is 5.91 Å². The van der Waals surface area contributed by atoms with E-state index in [1.807, 2.05) is 4.90 Å². The lowest BCUT2D eigenvalue weighted by Crippen LogP contribution is -2.49. The second-order valence-electron chi connectivity index (χ2n) is 6.57. The number of carbonyl (C=O) groups excluding carboxylic acids is 1. The minimum absolute atomic E-state index is 0.0576. The van der Waals surface area contributed by atoms with Crippen molar-refractivity contribution in [1.82, 2.24) is 9.80 Å². The molecule has 3 rings (SSSR count). The predicted molar refractivity (Wildman–Crippen MR) is 88.3 cm³/mol. The van der Waals surface area contributed by atoms with Gasteiger partial charge in [-0.2, -0.15) is 0 Å². The van der Waals surface area contributed by atoms with Gasteiger partial charge in [0.05, 0.1) is 25.4 Å². The number of morpholine rings is 1. The lowest BCUT2D eigenvalue weighted by atomic mass is 10.1. The number of rotatable bonds is 4. The van der Waals surface area contributed by atoms with Gasteiger partial charge in [-0.3, -0.25) is 9.69 Å². The molecule has 1 aromatic carbocycles. The highest BCUT2D eigenvalue weighted by atomic mass is 16.5. The second kappa shape index (κ2) is 7.43. The minimum atomic E-state index is -0.448. The Morgan fingerprint density at radius 3 is 2.61 bits per heavy atom. The molecule has 0 bridgehead atoms. The van der Waals surface area contributed by atoms with Crippen LogP contribution in [0.3, 0.4) is 0 Å². The fourth-order valence-corrected chi connectivity index (χ4v) is 3.41. The summed E-state index contributed by atoms with van der Waals surface area (Å²) in [6, 6.07) is 8.37. The number of carbonyl (C=O) groups is 1. The first-order valence-corrected chi connectivity index (χ1v) is 8.46. The van der Waals surface area contributed by atoms with E-state index in [2.05, 4.69) is 36.1 Å². The summed E-state index contributed by atoms with van der Waals surface area (Å²) in [5.41, 5.74) is 2.42. The molecule has 2 saturated heterocycles. The summed E-state index contributed by atoms with van der Waals surface area (Å²) in [7, 11) is 0. The number of aliphatic hydroxyl groups is 1. The van der Waals surface area contributed by atoms with E-state index in [9.17, 15) is 9.90 Å². The highest BCUT2D eigenvalue weighted by molar-refractivity contribution is 5.77. The Balaban J connectivity index is 1.51. The molecule has 0 spiro atoms.